The van der Waals surface area contributed by atoms with Gasteiger partial charge in [-0.05, 0) is 48.7 Å². The molecule has 5 nitrogen and oxygen atoms in total. The number of nitrogens with one attached hydrogen (secondary N) is 1. The minimum absolute atomic E-state index is 0.115. The Morgan fingerprint density at radius 1 is 0.867 bits per heavy atom. The molecular weight excluding hydrogens is 374 g/mol. The Morgan fingerprint density at radius 3 is 2.30 bits per heavy atom. The first-order valence-electron chi connectivity index (χ1n) is 10.5. The van der Waals surface area contributed by atoms with Gasteiger partial charge in [0.15, 0.2) is 0 Å². The van der Waals surface area contributed by atoms with Crippen LogP contribution in [0.2, 0.25) is 0 Å². The van der Waals surface area contributed by atoms with Gasteiger partial charge in [0.2, 0.25) is 0 Å². The second kappa shape index (κ2) is 9.55. The number of pyridine rings is 1. The molecule has 0 aliphatic carbocycles. The molecule has 1 saturated heterocycles. The number of rotatable bonds is 7. The van der Waals surface area contributed by atoms with Gasteiger partial charge >= 0.3 is 0 Å². The van der Waals surface area contributed by atoms with Crippen LogP contribution in [-0.4, -0.2) is 41.6 Å². The third-order valence-corrected chi connectivity index (χ3v) is 5.57. The van der Waals surface area contributed by atoms with Crippen LogP contribution in [-0.2, 0) is 6.54 Å². The van der Waals surface area contributed by atoms with Crippen LogP contribution in [0.15, 0.2) is 77.7 Å². The molecule has 154 valence electrons. The van der Waals surface area contributed by atoms with Gasteiger partial charge in [-0.2, -0.15) is 0 Å². The summed E-state index contributed by atoms with van der Waals surface area (Å²) in [6.45, 7) is 4.16. The Labute approximate surface area is 177 Å². The minimum atomic E-state index is -0.137. The zero-order chi connectivity index (χ0) is 20.8. The number of hydrogen-bond donors (Lipinski definition) is 1. The molecule has 1 aliphatic rings. The molecule has 0 spiro atoms. The summed E-state index contributed by atoms with van der Waals surface area (Å²) >= 11 is 0. The highest BCUT2D eigenvalue weighted by Crippen LogP contribution is 2.19. The quantitative estimate of drug-likeness (QED) is 0.660. The maximum atomic E-state index is 12.5. The van der Waals surface area contributed by atoms with Gasteiger partial charge in [-0.1, -0.05) is 54.6 Å². The third-order valence-electron chi connectivity index (χ3n) is 5.57. The van der Waals surface area contributed by atoms with Gasteiger partial charge in [-0.3, -0.25) is 9.59 Å². The smallest absolute Gasteiger partial charge is 0.252 e. The van der Waals surface area contributed by atoms with Crippen LogP contribution in [0.5, 0.6) is 0 Å². The van der Waals surface area contributed by atoms with E-state index < -0.39 is 0 Å². The average molecular weight is 402 g/mol. The maximum absolute atomic E-state index is 12.5. The summed E-state index contributed by atoms with van der Waals surface area (Å²) in [7, 11) is 0. The first-order valence-corrected chi connectivity index (χ1v) is 10.5. The summed E-state index contributed by atoms with van der Waals surface area (Å²) < 4.78 is 1.59. The third kappa shape index (κ3) is 5.05. The molecule has 3 aromatic rings. The first kappa shape index (κ1) is 20.1. The van der Waals surface area contributed by atoms with Crippen molar-refractivity contribution in [2.75, 3.05) is 26.2 Å². The number of carbonyl (C=O) groups excluding carboxylic acids is 1. The van der Waals surface area contributed by atoms with E-state index in [4.69, 9.17) is 0 Å². The van der Waals surface area contributed by atoms with Crippen LogP contribution in [0, 0.1) is 0 Å². The van der Waals surface area contributed by atoms with Crippen molar-refractivity contribution in [1.29, 1.82) is 0 Å². The molecule has 0 bridgehead atoms. The van der Waals surface area contributed by atoms with Crippen molar-refractivity contribution < 1.29 is 4.79 Å². The van der Waals surface area contributed by atoms with Gasteiger partial charge in [-0.25, -0.2) is 0 Å². The van der Waals surface area contributed by atoms with E-state index in [1.807, 2.05) is 30.3 Å². The van der Waals surface area contributed by atoms with Crippen molar-refractivity contribution in [2.24, 2.45) is 0 Å². The van der Waals surface area contributed by atoms with Crippen LogP contribution in [0.3, 0.4) is 0 Å². The fourth-order valence-electron chi connectivity index (χ4n) is 3.85. The SMILES string of the molecule is O=C(NCCN1CCCC1)c1ccc(=O)n(Cc2ccc(-c3ccccc3)cc2)c1. The first-order chi connectivity index (χ1) is 14.7. The van der Waals surface area contributed by atoms with Gasteiger partial charge in [0.25, 0.3) is 11.5 Å². The number of aromatic nitrogens is 1. The molecule has 1 aliphatic heterocycles. The Bertz CT molecular complexity index is 1040. The van der Waals surface area contributed by atoms with Crippen molar-refractivity contribution in [3.8, 4) is 11.1 Å². The van der Waals surface area contributed by atoms with Crippen LogP contribution in [0.25, 0.3) is 11.1 Å². The summed E-state index contributed by atoms with van der Waals surface area (Å²) in [5, 5.41) is 2.97. The van der Waals surface area contributed by atoms with E-state index >= 15 is 0 Å². The molecule has 2 aromatic carbocycles. The predicted octanol–water partition coefficient (Wildman–Crippen LogP) is 3.39. The molecule has 30 heavy (non-hydrogen) atoms. The number of carbonyl (C=O) groups is 1. The van der Waals surface area contributed by atoms with Gasteiger partial charge in [0.05, 0.1) is 12.1 Å². The molecule has 0 atom stereocenters. The molecule has 5 heteroatoms. The molecule has 0 saturated carbocycles. The number of likely N-dealkylation sites (tertiary alicyclic amines) is 1. The lowest BCUT2D eigenvalue weighted by atomic mass is 10.0. The molecule has 1 fully saturated rings. The summed E-state index contributed by atoms with van der Waals surface area (Å²) in [6, 6.07) is 21.4. The zero-order valence-electron chi connectivity index (χ0n) is 17.1. The topological polar surface area (TPSA) is 54.3 Å². The molecule has 4 rings (SSSR count). The van der Waals surface area contributed by atoms with E-state index in [0.717, 1.165) is 36.3 Å². The molecular formula is C25H27N3O2. The van der Waals surface area contributed by atoms with Crippen molar-refractivity contribution in [3.63, 3.8) is 0 Å². The Hall–Kier alpha value is -3.18. The van der Waals surface area contributed by atoms with Crippen molar-refractivity contribution in [3.05, 3.63) is 94.4 Å². The van der Waals surface area contributed by atoms with Gasteiger partial charge in [0, 0.05) is 25.4 Å². The number of benzene rings is 2. The van der Waals surface area contributed by atoms with E-state index in [0.29, 0.717) is 18.7 Å². The van der Waals surface area contributed by atoms with Gasteiger partial charge in [-0.15, -0.1) is 0 Å². The molecule has 1 N–H and O–H groups in total. The summed E-state index contributed by atoms with van der Waals surface area (Å²) in [5.41, 5.74) is 3.71. The van der Waals surface area contributed by atoms with Crippen LogP contribution < -0.4 is 10.9 Å². The zero-order valence-corrected chi connectivity index (χ0v) is 17.1. The van der Waals surface area contributed by atoms with Crippen LogP contribution in [0.1, 0.15) is 28.8 Å². The fraction of sp³-hybridized carbons (Fsp3) is 0.280. The molecule has 0 unspecified atom stereocenters. The Balaban J connectivity index is 1.40. The number of nitrogens with zero attached hydrogens (tertiary/aromatic N) is 2. The number of hydrogen-bond acceptors (Lipinski definition) is 3. The second-order valence-electron chi connectivity index (χ2n) is 7.75. The predicted molar refractivity (Wildman–Crippen MR) is 120 cm³/mol. The Morgan fingerprint density at radius 2 is 1.57 bits per heavy atom. The van der Waals surface area contributed by atoms with E-state index in [9.17, 15) is 9.59 Å². The van der Waals surface area contributed by atoms with E-state index in [-0.39, 0.29) is 11.5 Å². The van der Waals surface area contributed by atoms with Crippen LogP contribution >= 0.6 is 0 Å². The van der Waals surface area contributed by atoms with Crippen LogP contribution in [0.4, 0.5) is 0 Å². The van der Waals surface area contributed by atoms with Gasteiger partial charge in [0.1, 0.15) is 0 Å². The highest BCUT2D eigenvalue weighted by atomic mass is 16.2. The molecule has 1 aromatic heterocycles. The molecule has 0 radical (unpaired) electrons. The monoisotopic (exact) mass is 401 g/mol. The molecule has 1 amide bonds. The molecule has 2 heterocycles. The van der Waals surface area contributed by atoms with Crippen molar-refractivity contribution in [1.82, 2.24) is 14.8 Å². The normalized spacial score (nSPS) is 14.0. The van der Waals surface area contributed by atoms with Gasteiger partial charge < -0.3 is 14.8 Å². The summed E-state index contributed by atoms with van der Waals surface area (Å²) in [4.78, 5) is 27.2. The second-order valence-corrected chi connectivity index (χ2v) is 7.75. The van der Waals surface area contributed by atoms with E-state index in [2.05, 4.69) is 34.5 Å². The van der Waals surface area contributed by atoms with E-state index in [1.165, 1.54) is 18.9 Å². The fourth-order valence-corrected chi connectivity index (χ4v) is 3.85. The lowest BCUT2D eigenvalue weighted by Crippen LogP contribution is -2.34. The average Bonchev–Trinajstić information content (AvgIpc) is 3.30. The highest BCUT2D eigenvalue weighted by Gasteiger charge is 2.12. The maximum Gasteiger partial charge on any atom is 0.252 e. The lowest BCUT2D eigenvalue weighted by Gasteiger charge is -2.15. The number of amides is 1. The summed E-state index contributed by atoms with van der Waals surface area (Å²) in [5.74, 6) is -0.137. The standard InChI is InChI=1S/C25H27N3O2/c29-24-13-12-23(25(30)26-14-17-27-15-4-5-16-27)19-28(24)18-20-8-10-22(11-9-20)21-6-2-1-3-7-21/h1-3,6-13,19H,4-5,14-18H2,(H,26,30). The minimum Gasteiger partial charge on any atom is -0.351 e. The lowest BCUT2D eigenvalue weighted by molar-refractivity contribution is 0.0949. The van der Waals surface area contributed by atoms with Crippen molar-refractivity contribution in [2.45, 2.75) is 19.4 Å². The largest absolute Gasteiger partial charge is 0.351 e. The summed E-state index contributed by atoms with van der Waals surface area (Å²) in [6.07, 6.45) is 4.13. The highest BCUT2D eigenvalue weighted by molar-refractivity contribution is 5.93. The van der Waals surface area contributed by atoms with Crippen molar-refractivity contribution >= 4 is 5.91 Å². The van der Waals surface area contributed by atoms with E-state index in [1.54, 1.807) is 16.8 Å². The Kier molecular flexibility index (Phi) is 6.40.